The van der Waals surface area contributed by atoms with Gasteiger partial charge in [0.05, 0.1) is 0 Å². The molecule has 2 amide bonds. The maximum atomic E-state index is 12.0. The van der Waals surface area contributed by atoms with Crippen molar-refractivity contribution in [3.63, 3.8) is 0 Å². The lowest BCUT2D eigenvalue weighted by Crippen LogP contribution is -2.57. The number of aryl methyl sites for hydroxylation is 1. The summed E-state index contributed by atoms with van der Waals surface area (Å²) in [6.07, 6.45) is 3.84. The molecule has 0 heterocycles. The number of amides is 2. The lowest BCUT2D eigenvalue weighted by atomic mass is 9.73. The number of benzene rings is 1. The van der Waals surface area contributed by atoms with E-state index in [1.54, 1.807) is 7.05 Å². The van der Waals surface area contributed by atoms with Crippen LogP contribution in [-0.4, -0.2) is 24.9 Å². The van der Waals surface area contributed by atoms with Crippen LogP contribution in [0.25, 0.3) is 0 Å². The molecule has 1 aromatic carbocycles. The van der Waals surface area contributed by atoms with Crippen molar-refractivity contribution in [2.24, 2.45) is 0 Å². The SMILES string of the molecule is CNC(=O)C1(NC=O)CCC(c2ccc(C)cc2)CC1. The van der Waals surface area contributed by atoms with Gasteiger partial charge in [-0.05, 0) is 44.1 Å². The van der Waals surface area contributed by atoms with Crippen LogP contribution in [0.5, 0.6) is 0 Å². The fraction of sp³-hybridized carbons (Fsp3) is 0.500. The van der Waals surface area contributed by atoms with E-state index >= 15 is 0 Å². The average Bonchev–Trinajstić information content (AvgIpc) is 2.48. The first kappa shape index (κ1) is 14.6. The smallest absolute Gasteiger partial charge is 0.245 e. The lowest BCUT2D eigenvalue weighted by molar-refractivity contribution is -0.131. The third kappa shape index (κ3) is 2.84. The minimum atomic E-state index is -0.725. The number of hydrogen-bond acceptors (Lipinski definition) is 2. The van der Waals surface area contributed by atoms with Gasteiger partial charge in [0, 0.05) is 7.05 Å². The van der Waals surface area contributed by atoms with Crippen molar-refractivity contribution in [3.05, 3.63) is 35.4 Å². The summed E-state index contributed by atoms with van der Waals surface area (Å²) < 4.78 is 0. The van der Waals surface area contributed by atoms with Crippen LogP contribution < -0.4 is 10.6 Å². The molecular weight excluding hydrogens is 252 g/mol. The highest BCUT2D eigenvalue weighted by atomic mass is 16.2. The zero-order valence-electron chi connectivity index (χ0n) is 12.1. The van der Waals surface area contributed by atoms with Gasteiger partial charge in [0.2, 0.25) is 12.3 Å². The quantitative estimate of drug-likeness (QED) is 0.824. The van der Waals surface area contributed by atoms with Crippen molar-refractivity contribution < 1.29 is 9.59 Å². The molecule has 0 radical (unpaired) electrons. The molecule has 20 heavy (non-hydrogen) atoms. The van der Waals surface area contributed by atoms with E-state index < -0.39 is 5.54 Å². The highest BCUT2D eigenvalue weighted by Crippen LogP contribution is 2.38. The first-order valence-electron chi connectivity index (χ1n) is 7.11. The number of carbonyl (C=O) groups is 2. The predicted octanol–water partition coefficient (Wildman–Crippen LogP) is 1.88. The van der Waals surface area contributed by atoms with Gasteiger partial charge >= 0.3 is 0 Å². The highest BCUT2D eigenvalue weighted by Gasteiger charge is 2.41. The van der Waals surface area contributed by atoms with E-state index in [-0.39, 0.29) is 5.91 Å². The molecule has 2 N–H and O–H groups in total. The molecule has 1 saturated carbocycles. The number of carbonyl (C=O) groups excluding carboxylic acids is 2. The fourth-order valence-electron chi connectivity index (χ4n) is 3.07. The van der Waals surface area contributed by atoms with Crippen LogP contribution >= 0.6 is 0 Å². The maximum absolute atomic E-state index is 12.0. The van der Waals surface area contributed by atoms with Crippen molar-refractivity contribution >= 4 is 12.3 Å². The largest absolute Gasteiger partial charge is 0.357 e. The predicted molar refractivity (Wildman–Crippen MR) is 78.4 cm³/mol. The Kier molecular flexibility index (Phi) is 4.42. The topological polar surface area (TPSA) is 58.2 Å². The summed E-state index contributed by atoms with van der Waals surface area (Å²) in [5.41, 5.74) is 1.86. The van der Waals surface area contributed by atoms with Gasteiger partial charge in [-0.2, -0.15) is 0 Å². The molecule has 108 valence electrons. The number of rotatable bonds is 4. The molecule has 0 unspecified atom stereocenters. The van der Waals surface area contributed by atoms with E-state index in [0.717, 1.165) is 12.8 Å². The Morgan fingerprint density at radius 3 is 2.35 bits per heavy atom. The van der Waals surface area contributed by atoms with E-state index in [1.807, 2.05) is 0 Å². The summed E-state index contributed by atoms with van der Waals surface area (Å²) in [5.74, 6) is 0.383. The van der Waals surface area contributed by atoms with Crippen molar-refractivity contribution in [2.75, 3.05) is 7.05 Å². The minimum Gasteiger partial charge on any atom is -0.357 e. The summed E-state index contributed by atoms with van der Waals surface area (Å²) in [5, 5.41) is 5.40. The van der Waals surface area contributed by atoms with Crippen LogP contribution in [0, 0.1) is 6.92 Å². The Morgan fingerprint density at radius 2 is 1.85 bits per heavy atom. The van der Waals surface area contributed by atoms with E-state index in [4.69, 9.17) is 0 Å². The second-order valence-electron chi connectivity index (χ2n) is 5.61. The average molecular weight is 274 g/mol. The second-order valence-corrected chi connectivity index (χ2v) is 5.61. The van der Waals surface area contributed by atoms with Crippen molar-refractivity contribution in [2.45, 2.75) is 44.1 Å². The molecule has 1 aromatic rings. The van der Waals surface area contributed by atoms with Gasteiger partial charge in [-0.25, -0.2) is 0 Å². The van der Waals surface area contributed by atoms with Crippen LogP contribution in [0.1, 0.15) is 42.7 Å². The standard InChI is InChI=1S/C16H22N2O2/c1-12-3-5-13(6-4-12)14-7-9-16(10-8-14,18-11-19)15(20)17-2/h3-6,11,14H,7-10H2,1-2H3,(H,17,20)(H,18,19). The molecule has 1 aliphatic carbocycles. The molecule has 0 aromatic heterocycles. The van der Waals surface area contributed by atoms with Crippen LogP contribution in [0.4, 0.5) is 0 Å². The van der Waals surface area contributed by atoms with Gasteiger partial charge in [-0.15, -0.1) is 0 Å². The lowest BCUT2D eigenvalue weighted by Gasteiger charge is -2.38. The van der Waals surface area contributed by atoms with Crippen molar-refractivity contribution in [1.82, 2.24) is 10.6 Å². The summed E-state index contributed by atoms with van der Waals surface area (Å²) in [7, 11) is 1.61. The highest BCUT2D eigenvalue weighted by molar-refractivity contribution is 5.88. The Morgan fingerprint density at radius 1 is 1.25 bits per heavy atom. The summed E-state index contributed by atoms with van der Waals surface area (Å²) in [6.45, 7) is 2.08. The van der Waals surface area contributed by atoms with Gasteiger partial charge in [0.25, 0.3) is 0 Å². The Labute approximate surface area is 119 Å². The van der Waals surface area contributed by atoms with Crippen molar-refractivity contribution in [1.29, 1.82) is 0 Å². The van der Waals surface area contributed by atoms with Crippen LogP contribution in [0.2, 0.25) is 0 Å². The molecule has 1 aliphatic rings. The zero-order chi connectivity index (χ0) is 14.6. The van der Waals surface area contributed by atoms with Gasteiger partial charge in [-0.1, -0.05) is 29.8 Å². The van der Waals surface area contributed by atoms with Gasteiger partial charge in [-0.3, -0.25) is 9.59 Å². The van der Waals surface area contributed by atoms with Gasteiger partial charge < -0.3 is 10.6 Å². The first-order chi connectivity index (χ1) is 9.61. The molecule has 0 atom stereocenters. The maximum Gasteiger partial charge on any atom is 0.245 e. The second kappa shape index (κ2) is 6.07. The molecule has 4 heteroatoms. The third-order valence-electron chi connectivity index (χ3n) is 4.38. The first-order valence-corrected chi connectivity index (χ1v) is 7.11. The Bertz CT molecular complexity index is 474. The molecule has 2 rings (SSSR count). The van der Waals surface area contributed by atoms with Crippen LogP contribution in [0.3, 0.4) is 0 Å². The van der Waals surface area contributed by atoms with E-state index in [9.17, 15) is 9.59 Å². The molecule has 0 bridgehead atoms. The molecule has 0 aliphatic heterocycles. The molecule has 1 fully saturated rings. The number of likely N-dealkylation sites (N-methyl/N-ethyl adjacent to an activating group) is 1. The summed E-state index contributed by atoms with van der Waals surface area (Å²) in [6, 6.07) is 8.58. The minimum absolute atomic E-state index is 0.0908. The van der Waals surface area contributed by atoms with E-state index in [2.05, 4.69) is 41.8 Å². The number of nitrogens with one attached hydrogen (secondary N) is 2. The van der Waals surface area contributed by atoms with Crippen LogP contribution in [-0.2, 0) is 9.59 Å². The molecule has 4 nitrogen and oxygen atoms in total. The van der Waals surface area contributed by atoms with E-state index in [1.165, 1.54) is 11.1 Å². The Hall–Kier alpha value is -1.84. The summed E-state index contributed by atoms with van der Waals surface area (Å²) >= 11 is 0. The monoisotopic (exact) mass is 274 g/mol. The number of hydrogen-bond donors (Lipinski definition) is 2. The third-order valence-corrected chi connectivity index (χ3v) is 4.38. The van der Waals surface area contributed by atoms with Crippen molar-refractivity contribution in [3.8, 4) is 0 Å². The zero-order valence-corrected chi connectivity index (χ0v) is 12.1. The van der Waals surface area contributed by atoms with E-state index in [0.29, 0.717) is 25.2 Å². The molecular formula is C16H22N2O2. The fourth-order valence-corrected chi connectivity index (χ4v) is 3.07. The molecule has 0 spiro atoms. The Balaban J connectivity index is 2.08. The summed E-state index contributed by atoms with van der Waals surface area (Å²) in [4.78, 5) is 22.8. The van der Waals surface area contributed by atoms with Crippen LogP contribution in [0.15, 0.2) is 24.3 Å². The normalized spacial score (nSPS) is 25.8. The van der Waals surface area contributed by atoms with Gasteiger partial charge in [0.1, 0.15) is 5.54 Å². The van der Waals surface area contributed by atoms with Gasteiger partial charge in [0.15, 0.2) is 0 Å². The molecule has 0 saturated heterocycles.